The van der Waals surface area contributed by atoms with E-state index in [9.17, 15) is 14.4 Å². The highest BCUT2D eigenvalue weighted by atomic mass is 16.3. The van der Waals surface area contributed by atoms with Crippen molar-refractivity contribution in [2.45, 2.75) is 25.3 Å². The number of carbonyl (C=O) groups is 3. The minimum absolute atomic E-state index is 0.0224. The number of amides is 3. The number of hydrogen-bond acceptors (Lipinski definition) is 5. The fourth-order valence-electron chi connectivity index (χ4n) is 5.47. The second kappa shape index (κ2) is 6.88. The smallest absolute Gasteiger partial charge is 0.240 e. The topological polar surface area (TPSA) is 82.9 Å². The maximum atomic E-state index is 12.7. The number of carbonyl (C=O) groups excluding carboxylic acids is 3. The lowest BCUT2D eigenvalue weighted by Crippen LogP contribution is -2.44. The summed E-state index contributed by atoms with van der Waals surface area (Å²) in [5.41, 5.74) is 0. The molecule has 5 unspecified atom stereocenters. The lowest BCUT2D eigenvalue weighted by atomic mass is 9.85. The van der Waals surface area contributed by atoms with Crippen molar-refractivity contribution >= 4 is 17.7 Å². The fourth-order valence-corrected chi connectivity index (χ4v) is 5.47. The van der Waals surface area contributed by atoms with Gasteiger partial charge < -0.3 is 9.73 Å². The molecule has 2 bridgehead atoms. The molecule has 1 aromatic rings. The first-order chi connectivity index (χ1) is 13.6. The van der Waals surface area contributed by atoms with Crippen LogP contribution in [0.4, 0.5) is 0 Å². The van der Waals surface area contributed by atoms with Crippen LogP contribution in [0.25, 0.3) is 0 Å². The van der Waals surface area contributed by atoms with Gasteiger partial charge in [-0.15, -0.1) is 0 Å². The molecule has 3 amide bonds. The number of likely N-dealkylation sites (tertiary alicyclic amines) is 2. The van der Waals surface area contributed by atoms with Crippen molar-refractivity contribution in [2.24, 2.45) is 23.7 Å². The zero-order valence-corrected chi connectivity index (χ0v) is 15.8. The molecule has 2 aliphatic heterocycles. The molecule has 7 nitrogen and oxygen atoms in total. The van der Waals surface area contributed by atoms with E-state index in [0.29, 0.717) is 6.54 Å². The Balaban J connectivity index is 1.22. The van der Waals surface area contributed by atoms with Crippen molar-refractivity contribution in [3.8, 4) is 0 Å². The Bertz CT molecular complexity index is 782. The number of nitrogens with zero attached hydrogens (tertiary/aromatic N) is 2. The average Bonchev–Trinajstić information content (AvgIpc) is 3.49. The summed E-state index contributed by atoms with van der Waals surface area (Å²) in [6, 6.07) is 3.75. The summed E-state index contributed by atoms with van der Waals surface area (Å²) in [7, 11) is 0. The molecule has 5 rings (SSSR count). The van der Waals surface area contributed by atoms with Crippen LogP contribution in [0.1, 0.15) is 31.1 Å². The summed E-state index contributed by atoms with van der Waals surface area (Å²) in [5, 5.41) is 2.92. The number of rotatable bonds is 6. The SMILES string of the molecule is O=C(CN1C(=O)C2C3C=CC(C3)C2C1=O)NCC(c1ccco1)N1CCCC1. The van der Waals surface area contributed by atoms with Gasteiger partial charge in [0.25, 0.3) is 0 Å². The van der Waals surface area contributed by atoms with Crippen molar-refractivity contribution in [3.63, 3.8) is 0 Å². The predicted octanol–water partition coefficient (Wildman–Crippen LogP) is 1.34. The minimum Gasteiger partial charge on any atom is -0.468 e. The van der Waals surface area contributed by atoms with Crippen molar-refractivity contribution in [3.05, 3.63) is 36.3 Å². The first-order valence-electron chi connectivity index (χ1n) is 10.2. The molecule has 0 spiro atoms. The van der Waals surface area contributed by atoms with Gasteiger partial charge in [0.2, 0.25) is 17.7 Å². The number of fused-ring (bicyclic) bond motifs is 5. The molecule has 7 heteroatoms. The quantitative estimate of drug-likeness (QED) is 0.592. The fraction of sp³-hybridized carbons (Fsp3) is 0.571. The van der Waals surface area contributed by atoms with Gasteiger partial charge in [0.1, 0.15) is 12.3 Å². The largest absolute Gasteiger partial charge is 0.468 e. The molecule has 1 N–H and O–H groups in total. The van der Waals surface area contributed by atoms with Gasteiger partial charge >= 0.3 is 0 Å². The zero-order chi connectivity index (χ0) is 19.3. The molecule has 148 valence electrons. The maximum Gasteiger partial charge on any atom is 0.240 e. The number of allylic oxidation sites excluding steroid dienone is 2. The van der Waals surface area contributed by atoms with Gasteiger partial charge in [0, 0.05) is 6.54 Å². The second-order valence-corrected chi connectivity index (χ2v) is 8.34. The third-order valence-corrected chi connectivity index (χ3v) is 6.81. The summed E-state index contributed by atoms with van der Waals surface area (Å²) in [4.78, 5) is 41.5. The number of furan rings is 1. The predicted molar refractivity (Wildman–Crippen MR) is 99.7 cm³/mol. The standard InChI is InChI=1S/C21H25N3O4/c25-17(22-11-15(16-4-3-9-28-16)23-7-1-2-8-23)12-24-20(26)18-13-5-6-14(10-13)19(18)21(24)27/h3-6,9,13-15,18-19H,1-2,7-8,10-12H2,(H,22,25). The van der Waals surface area contributed by atoms with Gasteiger partial charge in [0.15, 0.2) is 0 Å². The Hall–Kier alpha value is -2.41. The van der Waals surface area contributed by atoms with Crippen LogP contribution in [-0.4, -0.2) is 53.7 Å². The molecular formula is C21H25N3O4. The van der Waals surface area contributed by atoms with Crippen LogP contribution in [0, 0.1) is 23.7 Å². The first kappa shape index (κ1) is 17.7. The summed E-state index contributed by atoms with van der Waals surface area (Å²) >= 11 is 0. The Morgan fingerprint density at radius 1 is 1.14 bits per heavy atom. The molecule has 0 aromatic carbocycles. The van der Waals surface area contributed by atoms with Crippen LogP contribution in [0.15, 0.2) is 35.0 Å². The van der Waals surface area contributed by atoms with Crippen molar-refractivity contribution in [1.82, 2.24) is 15.1 Å². The van der Waals surface area contributed by atoms with Gasteiger partial charge in [-0.3, -0.25) is 24.2 Å². The van der Waals surface area contributed by atoms with Crippen molar-refractivity contribution in [1.29, 1.82) is 0 Å². The van der Waals surface area contributed by atoms with E-state index < -0.39 is 0 Å². The highest BCUT2D eigenvalue weighted by molar-refractivity contribution is 6.08. The number of nitrogens with one attached hydrogen (secondary N) is 1. The third kappa shape index (κ3) is 2.80. The lowest BCUT2D eigenvalue weighted by molar-refractivity contribution is -0.144. The molecule has 4 aliphatic rings. The normalized spacial score (nSPS) is 32.4. The van der Waals surface area contributed by atoms with E-state index in [1.54, 1.807) is 6.26 Å². The monoisotopic (exact) mass is 383 g/mol. The molecule has 5 atom stereocenters. The van der Waals surface area contributed by atoms with Crippen molar-refractivity contribution < 1.29 is 18.8 Å². The Labute approximate surface area is 163 Å². The molecule has 28 heavy (non-hydrogen) atoms. The number of hydrogen-bond donors (Lipinski definition) is 1. The van der Waals surface area contributed by atoms with Gasteiger partial charge in [-0.25, -0.2) is 0 Å². The second-order valence-electron chi connectivity index (χ2n) is 8.34. The van der Waals surface area contributed by atoms with Gasteiger partial charge in [-0.2, -0.15) is 0 Å². The van der Waals surface area contributed by atoms with E-state index in [1.165, 1.54) is 4.90 Å². The molecule has 3 heterocycles. The maximum absolute atomic E-state index is 12.7. The van der Waals surface area contributed by atoms with Gasteiger partial charge in [-0.1, -0.05) is 12.2 Å². The molecular weight excluding hydrogens is 358 g/mol. The lowest BCUT2D eigenvalue weighted by Gasteiger charge is -2.26. The minimum atomic E-state index is -0.294. The van der Waals surface area contributed by atoms with Crippen LogP contribution >= 0.6 is 0 Å². The van der Waals surface area contributed by atoms with Crippen LogP contribution < -0.4 is 5.32 Å². The van der Waals surface area contributed by atoms with Gasteiger partial charge in [0.05, 0.1) is 24.1 Å². The summed E-state index contributed by atoms with van der Waals surface area (Å²) < 4.78 is 5.57. The zero-order valence-electron chi connectivity index (χ0n) is 15.8. The van der Waals surface area contributed by atoms with E-state index in [1.807, 2.05) is 12.1 Å². The van der Waals surface area contributed by atoms with Crippen LogP contribution in [0.2, 0.25) is 0 Å². The highest BCUT2D eigenvalue weighted by Crippen LogP contribution is 2.52. The molecule has 2 aliphatic carbocycles. The summed E-state index contributed by atoms with van der Waals surface area (Å²) in [6.07, 6.45) is 8.94. The summed E-state index contributed by atoms with van der Waals surface area (Å²) in [5.74, 6) is 0.00116. The molecule has 1 aromatic heterocycles. The van der Waals surface area contributed by atoms with E-state index in [2.05, 4.69) is 22.4 Å². The van der Waals surface area contributed by atoms with E-state index in [0.717, 1.165) is 38.1 Å². The average molecular weight is 383 g/mol. The Kier molecular flexibility index (Phi) is 4.34. The van der Waals surface area contributed by atoms with Crippen LogP contribution in [0.3, 0.4) is 0 Å². The molecule has 2 saturated heterocycles. The molecule has 1 saturated carbocycles. The Morgan fingerprint density at radius 3 is 2.43 bits per heavy atom. The van der Waals surface area contributed by atoms with Crippen LogP contribution in [0.5, 0.6) is 0 Å². The van der Waals surface area contributed by atoms with E-state index in [4.69, 9.17) is 4.42 Å². The highest BCUT2D eigenvalue weighted by Gasteiger charge is 2.59. The van der Waals surface area contributed by atoms with Crippen LogP contribution in [-0.2, 0) is 14.4 Å². The van der Waals surface area contributed by atoms with Crippen molar-refractivity contribution in [2.75, 3.05) is 26.2 Å². The van der Waals surface area contributed by atoms with Gasteiger partial charge in [-0.05, 0) is 56.3 Å². The van der Waals surface area contributed by atoms with E-state index in [-0.39, 0.29) is 54.0 Å². The third-order valence-electron chi connectivity index (χ3n) is 6.81. The first-order valence-corrected chi connectivity index (χ1v) is 10.2. The summed E-state index contributed by atoms with van der Waals surface area (Å²) in [6.45, 7) is 2.17. The number of imide groups is 1. The molecule has 3 fully saturated rings. The molecule has 0 radical (unpaired) electrons. The van der Waals surface area contributed by atoms with E-state index >= 15 is 0 Å². The Morgan fingerprint density at radius 2 is 1.82 bits per heavy atom.